The van der Waals surface area contributed by atoms with Gasteiger partial charge in [-0.05, 0) is 37.5 Å². The quantitative estimate of drug-likeness (QED) is 0.842. The SMILES string of the molecule is CCC1CCN(S(=O)(=O)N2CCCC(CO)C2)CC1. The van der Waals surface area contributed by atoms with Crippen LogP contribution >= 0.6 is 0 Å². The van der Waals surface area contributed by atoms with E-state index in [0.717, 1.165) is 32.1 Å². The van der Waals surface area contributed by atoms with Gasteiger partial charge in [0.25, 0.3) is 10.2 Å². The van der Waals surface area contributed by atoms with Crippen LogP contribution in [-0.2, 0) is 10.2 Å². The molecule has 0 saturated carbocycles. The Morgan fingerprint density at radius 2 is 1.74 bits per heavy atom. The second kappa shape index (κ2) is 6.52. The first-order chi connectivity index (χ1) is 9.07. The highest BCUT2D eigenvalue weighted by atomic mass is 32.2. The summed E-state index contributed by atoms with van der Waals surface area (Å²) in [6.45, 7) is 4.65. The molecule has 1 atom stereocenters. The van der Waals surface area contributed by atoms with E-state index in [-0.39, 0.29) is 12.5 Å². The van der Waals surface area contributed by atoms with Crippen molar-refractivity contribution in [3.05, 3.63) is 0 Å². The minimum Gasteiger partial charge on any atom is -0.396 e. The summed E-state index contributed by atoms with van der Waals surface area (Å²) in [5, 5.41) is 9.22. The highest BCUT2D eigenvalue weighted by Gasteiger charge is 2.35. The van der Waals surface area contributed by atoms with Gasteiger partial charge in [0, 0.05) is 32.8 Å². The van der Waals surface area contributed by atoms with Crippen LogP contribution in [0.15, 0.2) is 0 Å². The van der Waals surface area contributed by atoms with Crippen molar-refractivity contribution >= 4 is 10.2 Å². The van der Waals surface area contributed by atoms with E-state index in [1.165, 1.54) is 0 Å². The van der Waals surface area contributed by atoms with E-state index in [9.17, 15) is 13.5 Å². The van der Waals surface area contributed by atoms with E-state index in [4.69, 9.17) is 0 Å². The topological polar surface area (TPSA) is 60.9 Å². The van der Waals surface area contributed by atoms with Gasteiger partial charge in [0.2, 0.25) is 0 Å². The maximum atomic E-state index is 12.6. The third-order valence-electron chi connectivity index (χ3n) is 4.54. The van der Waals surface area contributed by atoms with Gasteiger partial charge >= 0.3 is 0 Å². The monoisotopic (exact) mass is 290 g/mol. The highest BCUT2D eigenvalue weighted by Crippen LogP contribution is 2.26. The fraction of sp³-hybridized carbons (Fsp3) is 1.00. The number of piperidine rings is 2. The molecular weight excluding hydrogens is 264 g/mol. The molecule has 1 unspecified atom stereocenters. The summed E-state index contributed by atoms with van der Waals surface area (Å²) in [5.41, 5.74) is 0. The highest BCUT2D eigenvalue weighted by molar-refractivity contribution is 7.86. The van der Waals surface area contributed by atoms with Gasteiger partial charge in [0.1, 0.15) is 0 Å². The molecule has 5 nitrogen and oxygen atoms in total. The zero-order valence-electron chi connectivity index (χ0n) is 11.8. The summed E-state index contributed by atoms with van der Waals surface area (Å²) < 4.78 is 28.3. The zero-order valence-corrected chi connectivity index (χ0v) is 12.6. The molecule has 2 aliphatic rings. The fourth-order valence-corrected chi connectivity index (χ4v) is 4.85. The van der Waals surface area contributed by atoms with Crippen LogP contribution in [0.4, 0.5) is 0 Å². The van der Waals surface area contributed by atoms with Gasteiger partial charge in [-0.15, -0.1) is 0 Å². The van der Waals surface area contributed by atoms with Crippen molar-refractivity contribution in [1.29, 1.82) is 0 Å². The molecule has 2 saturated heterocycles. The number of hydrogen-bond acceptors (Lipinski definition) is 3. The fourth-order valence-electron chi connectivity index (χ4n) is 3.10. The molecule has 2 fully saturated rings. The van der Waals surface area contributed by atoms with Crippen LogP contribution in [0.25, 0.3) is 0 Å². The van der Waals surface area contributed by atoms with Crippen LogP contribution in [0.5, 0.6) is 0 Å². The first kappa shape index (κ1) is 15.2. The number of aliphatic hydroxyl groups excluding tert-OH is 1. The Balaban J connectivity index is 1.98. The molecule has 112 valence electrons. The molecule has 0 spiro atoms. The van der Waals surface area contributed by atoms with E-state index >= 15 is 0 Å². The van der Waals surface area contributed by atoms with Gasteiger partial charge in [-0.1, -0.05) is 13.3 Å². The molecule has 0 radical (unpaired) electrons. The maximum Gasteiger partial charge on any atom is 0.281 e. The van der Waals surface area contributed by atoms with Crippen molar-refractivity contribution in [1.82, 2.24) is 8.61 Å². The Morgan fingerprint density at radius 3 is 2.32 bits per heavy atom. The van der Waals surface area contributed by atoms with Gasteiger partial charge in [-0.3, -0.25) is 0 Å². The van der Waals surface area contributed by atoms with Crippen molar-refractivity contribution in [2.24, 2.45) is 11.8 Å². The summed E-state index contributed by atoms with van der Waals surface area (Å²) in [6.07, 6.45) is 4.89. The number of hydrogen-bond donors (Lipinski definition) is 1. The number of rotatable bonds is 4. The largest absolute Gasteiger partial charge is 0.396 e. The first-order valence-electron chi connectivity index (χ1n) is 7.44. The van der Waals surface area contributed by atoms with Crippen molar-refractivity contribution in [2.45, 2.75) is 39.0 Å². The Kier molecular flexibility index (Phi) is 5.22. The number of aliphatic hydroxyl groups is 1. The first-order valence-corrected chi connectivity index (χ1v) is 8.83. The Morgan fingerprint density at radius 1 is 1.05 bits per heavy atom. The number of nitrogens with zero attached hydrogens (tertiary/aromatic N) is 2. The Labute approximate surface area is 116 Å². The molecule has 6 heteroatoms. The van der Waals surface area contributed by atoms with Gasteiger partial charge in [-0.25, -0.2) is 0 Å². The maximum absolute atomic E-state index is 12.6. The van der Waals surface area contributed by atoms with Crippen LogP contribution < -0.4 is 0 Å². The lowest BCUT2D eigenvalue weighted by Crippen LogP contribution is -2.50. The van der Waals surface area contributed by atoms with Gasteiger partial charge in [0.05, 0.1) is 0 Å². The van der Waals surface area contributed by atoms with Crippen LogP contribution in [0, 0.1) is 11.8 Å². The third kappa shape index (κ3) is 3.48. The van der Waals surface area contributed by atoms with Crippen LogP contribution in [0.3, 0.4) is 0 Å². The van der Waals surface area contributed by atoms with Gasteiger partial charge < -0.3 is 5.11 Å². The molecule has 0 amide bonds. The van der Waals surface area contributed by atoms with Crippen LogP contribution in [-0.4, -0.2) is 54.9 Å². The van der Waals surface area contributed by atoms with Crippen molar-refractivity contribution in [2.75, 3.05) is 32.8 Å². The van der Waals surface area contributed by atoms with Crippen LogP contribution in [0.2, 0.25) is 0 Å². The summed E-state index contributed by atoms with van der Waals surface area (Å²) in [5.74, 6) is 0.787. The lowest BCUT2D eigenvalue weighted by molar-refractivity contribution is 0.157. The average molecular weight is 290 g/mol. The predicted octanol–water partition coefficient (Wildman–Crippen LogP) is 1.06. The van der Waals surface area contributed by atoms with E-state index in [0.29, 0.717) is 32.1 Å². The van der Waals surface area contributed by atoms with Crippen molar-refractivity contribution < 1.29 is 13.5 Å². The molecule has 0 bridgehead atoms. The van der Waals surface area contributed by atoms with Crippen LogP contribution in [0.1, 0.15) is 39.0 Å². The minimum absolute atomic E-state index is 0.0872. The van der Waals surface area contributed by atoms with Crippen molar-refractivity contribution in [3.8, 4) is 0 Å². The Hall–Kier alpha value is -0.170. The summed E-state index contributed by atoms with van der Waals surface area (Å²) >= 11 is 0. The Bertz CT molecular complexity index is 377. The smallest absolute Gasteiger partial charge is 0.281 e. The summed E-state index contributed by atoms with van der Waals surface area (Å²) in [6, 6.07) is 0. The molecule has 0 aromatic heterocycles. The van der Waals surface area contributed by atoms with E-state index in [1.54, 1.807) is 8.61 Å². The molecule has 0 aliphatic carbocycles. The second-order valence-electron chi connectivity index (χ2n) is 5.81. The standard InChI is InChI=1S/C13H26N2O3S/c1-2-12-5-8-14(9-6-12)19(17,18)15-7-3-4-13(10-15)11-16/h12-13,16H,2-11H2,1H3. The van der Waals surface area contributed by atoms with E-state index in [1.807, 2.05) is 0 Å². The molecule has 2 heterocycles. The van der Waals surface area contributed by atoms with E-state index < -0.39 is 10.2 Å². The van der Waals surface area contributed by atoms with Gasteiger partial charge in [-0.2, -0.15) is 17.0 Å². The molecular formula is C13H26N2O3S. The second-order valence-corrected chi connectivity index (χ2v) is 7.74. The van der Waals surface area contributed by atoms with E-state index in [2.05, 4.69) is 6.92 Å². The zero-order chi connectivity index (χ0) is 13.9. The molecule has 2 aliphatic heterocycles. The average Bonchev–Trinajstić information content (AvgIpc) is 2.47. The lowest BCUT2D eigenvalue weighted by atomic mass is 9.96. The minimum atomic E-state index is -3.30. The molecule has 0 aromatic rings. The summed E-state index contributed by atoms with van der Waals surface area (Å²) in [7, 11) is -3.30. The molecule has 1 N–H and O–H groups in total. The third-order valence-corrected chi connectivity index (χ3v) is 6.55. The molecule has 0 aromatic carbocycles. The summed E-state index contributed by atoms with van der Waals surface area (Å²) in [4.78, 5) is 0. The van der Waals surface area contributed by atoms with Gasteiger partial charge in [0.15, 0.2) is 0 Å². The molecule has 19 heavy (non-hydrogen) atoms. The molecule has 2 rings (SSSR count). The van der Waals surface area contributed by atoms with Crippen molar-refractivity contribution in [3.63, 3.8) is 0 Å². The predicted molar refractivity (Wildman–Crippen MR) is 74.9 cm³/mol. The lowest BCUT2D eigenvalue weighted by Gasteiger charge is -2.37. The normalized spacial score (nSPS) is 28.6.